The summed E-state index contributed by atoms with van der Waals surface area (Å²) in [5.41, 5.74) is 10.1. The van der Waals surface area contributed by atoms with E-state index in [2.05, 4.69) is 77.4 Å². The van der Waals surface area contributed by atoms with Gasteiger partial charge in [-0.3, -0.25) is 24.4 Å². The average molecular weight is 788 g/mol. The van der Waals surface area contributed by atoms with E-state index in [1.165, 1.54) is 5.56 Å². The van der Waals surface area contributed by atoms with E-state index >= 15 is 0 Å². The predicted molar refractivity (Wildman–Crippen MR) is 217 cm³/mol. The molecule has 0 spiro atoms. The van der Waals surface area contributed by atoms with Crippen molar-refractivity contribution in [2.45, 2.75) is 96.3 Å². The Labute approximate surface area is 330 Å². The van der Waals surface area contributed by atoms with E-state index in [0.717, 1.165) is 65.1 Å². The van der Waals surface area contributed by atoms with Crippen LogP contribution in [0.1, 0.15) is 82.7 Å². The first-order valence-electron chi connectivity index (χ1n) is 19.7. The van der Waals surface area contributed by atoms with Crippen molar-refractivity contribution >= 4 is 54.7 Å². The monoisotopic (exact) mass is 787 g/mol. The van der Waals surface area contributed by atoms with Crippen LogP contribution in [0, 0.1) is 11.3 Å². The number of esters is 1. The largest absolute Gasteiger partial charge is 0.464 e. The summed E-state index contributed by atoms with van der Waals surface area (Å²) in [6, 6.07) is 10.6. The number of hydrogen-bond donors (Lipinski definition) is 2. The highest BCUT2D eigenvalue weighted by atomic mass is 32.2. The van der Waals surface area contributed by atoms with Crippen LogP contribution in [0.5, 0.6) is 0 Å². The SMILES string of the molecule is CCn1c(-c2cccnc2[C@H](C)OC)c2c3cc(ccc31)C1=CSC(C[Si](NC(=O)CC3CCCOC3)C(=O)N3CCC[C@H](N3)C(=O)OCC(C)(C)C2)N1C. The second-order valence-corrected chi connectivity index (χ2v) is 19.2. The number of pyridine rings is 1. The summed E-state index contributed by atoms with van der Waals surface area (Å²) < 4.78 is 19.9. The van der Waals surface area contributed by atoms with Gasteiger partial charge in [-0.05, 0) is 98.7 Å². The lowest BCUT2D eigenvalue weighted by atomic mass is 9.84. The van der Waals surface area contributed by atoms with Crippen molar-refractivity contribution in [2.24, 2.45) is 11.3 Å². The standard InChI is InChI=1S/C41H55N6O6SSi/c1-7-46-33-15-14-28-20-30(33)31(38(46)29-12-8-16-42-37(29)26(2)51-6)21-41(3,4)25-53-39(49)32-13-9-17-47(43-32)40(50)55(24-36-45(5)34(28)23-54-36)44-35(48)19-27-11-10-18-52-22-27/h8,12,14-16,20,23,26-27,32,36,43H,7,9-11,13,17-19,21-22,24-25H2,1-6H3,(H,44,48)/t26-,27?,32-,36?/m0/s1. The molecule has 0 aliphatic carbocycles. The molecule has 2 unspecified atom stereocenters. The molecule has 2 saturated heterocycles. The fourth-order valence-corrected chi connectivity index (χ4v) is 12.1. The molecule has 14 heteroatoms. The Kier molecular flexibility index (Phi) is 12.1. The minimum atomic E-state index is -2.13. The van der Waals surface area contributed by atoms with Crippen molar-refractivity contribution < 1.29 is 28.6 Å². The van der Waals surface area contributed by atoms with Gasteiger partial charge in [-0.2, -0.15) is 0 Å². The van der Waals surface area contributed by atoms with Crippen LogP contribution in [0.25, 0.3) is 27.9 Å². The number of benzene rings is 1. The Morgan fingerprint density at radius 2 is 2.05 bits per heavy atom. The molecule has 4 atom stereocenters. The Balaban J connectivity index is 1.30. The van der Waals surface area contributed by atoms with Gasteiger partial charge in [-0.15, -0.1) is 11.8 Å². The normalized spacial score (nSPS) is 24.3. The molecule has 1 radical (unpaired) electrons. The van der Waals surface area contributed by atoms with Gasteiger partial charge in [0.15, 0.2) is 0 Å². The van der Waals surface area contributed by atoms with Crippen LogP contribution in [0.15, 0.2) is 41.9 Å². The molecule has 4 aliphatic heterocycles. The van der Waals surface area contributed by atoms with E-state index in [1.54, 1.807) is 23.9 Å². The molecule has 2 aromatic heterocycles. The van der Waals surface area contributed by atoms with Crippen molar-refractivity contribution in [1.82, 2.24) is 29.9 Å². The molecule has 295 valence electrons. The topological polar surface area (TPSA) is 127 Å². The third-order valence-corrected chi connectivity index (χ3v) is 15.0. The fraction of sp³-hybridized carbons (Fsp3) is 0.561. The van der Waals surface area contributed by atoms with E-state index in [9.17, 15) is 14.4 Å². The van der Waals surface area contributed by atoms with Crippen LogP contribution in [0.2, 0.25) is 6.04 Å². The molecule has 3 aromatic rings. The highest BCUT2D eigenvalue weighted by Crippen LogP contribution is 2.43. The summed E-state index contributed by atoms with van der Waals surface area (Å²) in [6.45, 7) is 11.2. The molecule has 6 bridgehead atoms. The Bertz CT molecular complexity index is 1940. The van der Waals surface area contributed by atoms with Crippen LogP contribution >= 0.6 is 11.8 Å². The number of fused-ring (bicyclic) bond motifs is 6. The van der Waals surface area contributed by atoms with Crippen LogP contribution in [0.3, 0.4) is 0 Å². The molecule has 2 N–H and O–H groups in total. The molecule has 55 heavy (non-hydrogen) atoms. The zero-order valence-electron chi connectivity index (χ0n) is 33.0. The van der Waals surface area contributed by atoms with Crippen LogP contribution in [-0.4, -0.2) is 97.8 Å². The number of aryl methyl sites for hydroxylation is 1. The lowest BCUT2D eigenvalue weighted by Crippen LogP contribution is -2.62. The van der Waals surface area contributed by atoms with Gasteiger partial charge < -0.3 is 28.7 Å². The number of hydrazine groups is 1. The number of thioether (sulfide) groups is 1. The maximum absolute atomic E-state index is 14.3. The maximum Gasteiger partial charge on any atom is 0.324 e. The van der Waals surface area contributed by atoms with Gasteiger partial charge in [0.1, 0.15) is 6.04 Å². The Morgan fingerprint density at radius 1 is 1.22 bits per heavy atom. The van der Waals surface area contributed by atoms with Gasteiger partial charge in [0.05, 0.1) is 35.2 Å². The molecule has 2 fully saturated rings. The zero-order chi connectivity index (χ0) is 38.9. The van der Waals surface area contributed by atoms with Gasteiger partial charge in [-0.1, -0.05) is 19.9 Å². The number of methoxy groups -OCH3 is 1. The zero-order valence-corrected chi connectivity index (χ0v) is 34.8. The van der Waals surface area contributed by atoms with Gasteiger partial charge in [0, 0.05) is 75.0 Å². The molecule has 12 nitrogen and oxygen atoms in total. The van der Waals surface area contributed by atoms with Gasteiger partial charge in [0.2, 0.25) is 11.4 Å². The summed E-state index contributed by atoms with van der Waals surface area (Å²) in [5.74, 6) is -0.335. The Hall–Kier alpha value is -3.69. The minimum Gasteiger partial charge on any atom is -0.464 e. The molecule has 1 aromatic carbocycles. The summed E-state index contributed by atoms with van der Waals surface area (Å²) in [5, 5.41) is 4.84. The summed E-state index contributed by atoms with van der Waals surface area (Å²) >= 11 is 1.69. The van der Waals surface area contributed by atoms with Crippen molar-refractivity contribution in [3.8, 4) is 11.3 Å². The first kappa shape index (κ1) is 39.5. The molecule has 0 saturated carbocycles. The first-order chi connectivity index (χ1) is 26.5. The van der Waals surface area contributed by atoms with Crippen molar-refractivity contribution in [3.63, 3.8) is 0 Å². The number of aromatic nitrogens is 2. The van der Waals surface area contributed by atoms with Crippen molar-refractivity contribution in [2.75, 3.05) is 40.5 Å². The number of nitrogens with zero attached hydrogens (tertiary/aromatic N) is 4. The lowest BCUT2D eigenvalue weighted by Gasteiger charge is -2.36. The van der Waals surface area contributed by atoms with Crippen LogP contribution < -0.4 is 10.4 Å². The maximum atomic E-state index is 14.3. The smallest absolute Gasteiger partial charge is 0.324 e. The fourth-order valence-electron chi connectivity index (χ4n) is 8.36. The summed E-state index contributed by atoms with van der Waals surface area (Å²) in [4.78, 5) is 51.8. The first-order valence-corrected chi connectivity index (χ1v) is 22.3. The van der Waals surface area contributed by atoms with Crippen molar-refractivity contribution in [3.05, 3.63) is 58.8 Å². The van der Waals surface area contributed by atoms with Crippen molar-refractivity contribution in [1.29, 1.82) is 0 Å². The summed E-state index contributed by atoms with van der Waals surface area (Å²) in [6.07, 6.45) is 5.68. The van der Waals surface area contributed by atoms with Crippen LogP contribution in [-0.2, 0) is 36.8 Å². The number of amides is 2. The second-order valence-electron chi connectivity index (χ2n) is 16.1. The lowest BCUT2D eigenvalue weighted by molar-refractivity contribution is -0.151. The van der Waals surface area contributed by atoms with E-state index in [4.69, 9.17) is 19.2 Å². The minimum absolute atomic E-state index is 0.0611. The third-order valence-electron chi connectivity index (χ3n) is 11.4. The molecule has 2 amide bonds. The molecule has 7 rings (SSSR count). The highest BCUT2D eigenvalue weighted by Gasteiger charge is 2.40. The highest BCUT2D eigenvalue weighted by molar-refractivity contribution is 8.03. The van der Waals surface area contributed by atoms with Gasteiger partial charge in [0.25, 0.3) is 8.96 Å². The predicted octanol–water partition coefficient (Wildman–Crippen LogP) is 6.45. The van der Waals surface area contributed by atoms with Gasteiger partial charge >= 0.3 is 5.97 Å². The number of carbonyl (C=O) groups excluding carboxylic acids is 3. The molecule has 4 aliphatic rings. The van der Waals surface area contributed by atoms with E-state index in [1.807, 2.05) is 19.2 Å². The number of ether oxygens (including phenoxy) is 3. The van der Waals surface area contributed by atoms with E-state index < -0.39 is 20.4 Å². The molecular weight excluding hydrogens is 733 g/mol. The molecular formula is C41H55N6O6SSi. The summed E-state index contributed by atoms with van der Waals surface area (Å²) in [7, 11) is 1.66. The van der Waals surface area contributed by atoms with Crippen LogP contribution in [0.4, 0.5) is 4.79 Å². The Morgan fingerprint density at radius 3 is 2.82 bits per heavy atom. The number of hydrogen-bond acceptors (Lipinski definition) is 10. The second kappa shape index (κ2) is 16.8. The molecule has 6 heterocycles. The third kappa shape index (κ3) is 8.39. The van der Waals surface area contributed by atoms with E-state index in [-0.39, 0.29) is 41.4 Å². The number of nitrogens with one attached hydrogen (secondary N) is 2. The average Bonchev–Trinajstić information content (AvgIpc) is 3.71. The number of rotatable bonds is 7. The number of cyclic esters (lactones) is 1. The van der Waals surface area contributed by atoms with E-state index in [0.29, 0.717) is 44.9 Å². The number of carbonyl (C=O) groups is 3. The van der Waals surface area contributed by atoms with Gasteiger partial charge in [-0.25, -0.2) is 5.43 Å². The quantitative estimate of drug-likeness (QED) is 0.204.